The van der Waals surface area contributed by atoms with Gasteiger partial charge in [-0.15, -0.1) is 0 Å². The van der Waals surface area contributed by atoms with E-state index in [2.05, 4.69) is 20.9 Å². The van der Waals surface area contributed by atoms with Gasteiger partial charge in [-0.2, -0.15) is 0 Å². The molecular weight excluding hydrogens is 324 g/mol. The predicted molar refractivity (Wildman–Crippen MR) is 69.3 cm³/mol. The smallest absolute Gasteiger partial charge is 0.224 e. The first kappa shape index (κ1) is 13.3. The molecule has 0 aliphatic carbocycles. The number of rotatable bonds is 3. The van der Waals surface area contributed by atoms with Crippen molar-refractivity contribution in [2.24, 2.45) is 0 Å². The molecule has 0 fully saturated rings. The van der Waals surface area contributed by atoms with Crippen molar-refractivity contribution in [2.45, 2.75) is 6.61 Å². The molecule has 6 heteroatoms. The highest BCUT2D eigenvalue weighted by Gasteiger charge is 2.10. The van der Waals surface area contributed by atoms with Gasteiger partial charge in [0.1, 0.15) is 11.6 Å². The first-order chi connectivity index (χ1) is 8.60. The van der Waals surface area contributed by atoms with Gasteiger partial charge in [-0.25, -0.2) is 9.37 Å². The Morgan fingerprint density at radius 3 is 2.83 bits per heavy atom. The molecule has 0 saturated heterocycles. The van der Waals surface area contributed by atoms with Crippen molar-refractivity contribution in [2.75, 3.05) is 0 Å². The minimum atomic E-state index is -0.526. The first-order valence-corrected chi connectivity index (χ1v) is 6.15. The van der Waals surface area contributed by atoms with E-state index in [0.29, 0.717) is 15.2 Å². The summed E-state index contributed by atoms with van der Waals surface area (Å²) in [5, 5.41) is 9.67. The Hall–Kier alpha value is -1.17. The van der Waals surface area contributed by atoms with Gasteiger partial charge in [0.2, 0.25) is 5.88 Å². The fraction of sp³-hybridized carbons (Fsp3) is 0.0833. The molecule has 0 bridgehead atoms. The first-order valence-electron chi connectivity index (χ1n) is 4.98. The maximum absolute atomic E-state index is 12.9. The van der Waals surface area contributed by atoms with E-state index >= 15 is 0 Å². The van der Waals surface area contributed by atoms with E-state index in [1.807, 2.05) is 0 Å². The number of aliphatic hydroxyl groups excluding tert-OH is 1. The molecule has 0 spiro atoms. The van der Waals surface area contributed by atoms with Crippen molar-refractivity contribution in [1.82, 2.24) is 4.98 Å². The van der Waals surface area contributed by atoms with Crippen LogP contribution in [0.15, 0.2) is 34.9 Å². The zero-order valence-electron chi connectivity index (χ0n) is 9.03. The van der Waals surface area contributed by atoms with Crippen LogP contribution in [0.5, 0.6) is 11.6 Å². The lowest BCUT2D eigenvalue weighted by atomic mass is 10.3. The van der Waals surface area contributed by atoms with Gasteiger partial charge in [-0.05, 0) is 40.2 Å². The standard InChI is InChI=1S/C12H8BrClFNO2/c13-10-4-8(14)1-2-11(10)18-12-7(6-17)3-9(15)5-16-12/h1-5,17H,6H2. The van der Waals surface area contributed by atoms with Crippen LogP contribution in [0.4, 0.5) is 4.39 Å². The van der Waals surface area contributed by atoms with Crippen LogP contribution in [-0.4, -0.2) is 10.1 Å². The second-order valence-electron chi connectivity index (χ2n) is 3.45. The Kier molecular flexibility index (Phi) is 4.16. The van der Waals surface area contributed by atoms with Crippen molar-refractivity contribution in [3.8, 4) is 11.6 Å². The van der Waals surface area contributed by atoms with E-state index in [0.717, 1.165) is 6.20 Å². The molecule has 0 atom stereocenters. The highest BCUT2D eigenvalue weighted by molar-refractivity contribution is 9.10. The van der Waals surface area contributed by atoms with E-state index in [9.17, 15) is 4.39 Å². The molecule has 0 saturated carbocycles. The highest BCUT2D eigenvalue weighted by atomic mass is 79.9. The van der Waals surface area contributed by atoms with Crippen LogP contribution in [0, 0.1) is 5.82 Å². The SMILES string of the molecule is OCc1cc(F)cnc1Oc1ccc(Cl)cc1Br. The van der Waals surface area contributed by atoms with Crippen LogP contribution in [0.1, 0.15) is 5.56 Å². The van der Waals surface area contributed by atoms with Crippen molar-refractivity contribution < 1.29 is 14.2 Å². The topological polar surface area (TPSA) is 42.4 Å². The largest absolute Gasteiger partial charge is 0.437 e. The Bertz CT molecular complexity index is 580. The van der Waals surface area contributed by atoms with E-state index in [1.54, 1.807) is 18.2 Å². The molecular formula is C12H8BrClFNO2. The molecule has 94 valence electrons. The average Bonchev–Trinajstić information content (AvgIpc) is 2.34. The molecule has 0 unspecified atom stereocenters. The normalized spacial score (nSPS) is 10.4. The van der Waals surface area contributed by atoms with Crippen LogP contribution in [0.25, 0.3) is 0 Å². The Balaban J connectivity index is 2.33. The lowest BCUT2D eigenvalue weighted by Gasteiger charge is -2.10. The third kappa shape index (κ3) is 2.98. The van der Waals surface area contributed by atoms with Crippen molar-refractivity contribution in [3.63, 3.8) is 0 Å². The molecule has 2 rings (SSSR count). The molecule has 2 aromatic rings. The Morgan fingerprint density at radius 2 is 2.17 bits per heavy atom. The minimum Gasteiger partial charge on any atom is -0.437 e. The fourth-order valence-electron chi connectivity index (χ4n) is 1.34. The monoisotopic (exact) mass is 331 g/mol. The maximum Gasteiger partial charge on any atom is 0.224 e. The predicted octanol–water partition coefficient (Wildman–Crippen LogP) is 3.92. The summed E-state index contributed by atoms with van der Waals surface area (Å²) >= 11 is 9.10. The van der Waals surface area contributed by atoms with Crippen molar-refractivity contribution >= 4 is 27.5 Å². The summed E-state index contributed by atoms with van der Waals surface area (Å²) in [7, 11) is 0. The summed E-state index contributed by atoms with van der Waals surface area (Å²) in [5.41, 5.74) is 0.275. The summed E-state index contributed by atoms with van der Waals surface area (Å²) in [4.78, 5) is 3.80. The van der Waals surface area contributed by atoms with Crippen LogP contribution >= 0.6 is 27.5 Å². The van der Waals surface area contributed by atoms with E-state index in [4.69, 9.17) is 21.4 Å². The summed E-state index contributed by atoms with van der Waals surface area (Å²) in [6.07, 6.45) is 1.03. The maximum atomic E-state index is 12.9. The highest BCUT2D eigenvalue weighted by Crippen LogP contribution is 2.32. The lowest BCUT2D eigenvalue weighted by Crippen LogP contribution is -1.96. The molecule has 18 heavy (non-hydrogen) atoms. The molecule has 1 heterocycles. The zero-order chi connectivity index (χ0) is 13.1. The fourth-order valence-corrected chi connectivity index (χ4v) is 2.10. The quantitative estimate of drug-likeness (QED) is 0.926. The van der Waals surface area contributed by atoms with Crippen LogP contribution in [0.2, 0.25) is 5.02 Å². The molecule has 1 aromatic heterocycles. The molecule has 0 aliphatic heterocycles. The minimum absolute atomic E-state index is 0.155. The number of aliphatic hydroxyl groups is 1. The van der Waals surface area contributed by atoms with Crippen molar-refractivity contribution in [3.05, 3.63) is 51.3 Å². The second kappa shape index (κ2) is 5.65. The third-order valence-corrected chi connectivity index (χ3v) is 3.02. The third-order valence-electron chi connectivity index (χ3n) is 2.16. The van der Waals surface area contributed by atoms with E-state index < -0.39 is 5.82 Å². The van der Waals surface area contributed by atoms with Gasteiger partial charge in [0.05, 0.1) is 17.3 Å². The van der Waals surface area contributed by atoms with Crippen molar-refractivity contribution in [1.29, 1.82) is 0 Å². The van der Waals surface area contributed by atoms with Gasteiger partial charge < -0.3 is 9.84 Å². The van der Waals surface area contributed by atoms with Crippen LogP contribution < -0.4 is 4.74 Å². The number of hydrogen-bond donors (Lipinski definition) is 1. The van der Waals surface area contributed by atoms with E-state index in [1.165, 1.54) is 6.07 Å². The molecule has 1 aromatic carbocycles. The summed E-state index contributed by atoms with van der Waals surface area (Å²) in [6, 6.07) is 6.15. The number of halogens is 3. The summed E-state index contributed by atoms with van der Waals surface area (Å²) in [6.45, 7) is -0.356. The number of pyridine rings is 1. The van der Waals surface area contributed by atoms with Gasteiger partial charge in [0, 0.05) is 10.6 Å². The lowest BCUT2D eigenvalue weighted by molar-refractivity contribution is 0.274. The van der Waals surface area contributed by atoms with Gasteiger partial charge in [-0.1, -0.05) is 11.6 Å². The molecule has 1 N–H and O–H groups in total. The molecule has 0 aliphatic rings. The van der Waals surface area contributed by atoms with Crippen LogP contribution in [0.3, 0.4) is 0 Å². The number of aromatic nitrogens is 1. The van der Waals surface area contributed by atoms with Crippen LogP contribution in [-0.2, 0) is 6.61 Å². The number of benzene rings is 1. The Morgan fingerprint density at radius 1 is 1.39 bits per heavy atom. The Labute approximate surface area is 116 Å². The molecule has 0 amide bonds. The number of hydrogen-bond acceptors (Lipinski definition) is 3. The molecule has 0 radical (unpaired) electrons. The zero-order valence-corrected chi connectivity index (χ0v) is 11.4. The second-order valence-corrected chi connectivity index (χ2v) is 4.74. The summed E-state index contributed by atoms with van der Waals surface area (Å²) in [5.74, 6) is 0.108. The van der Waals surface area contributed by atoms with Gasteiger partial charge in [0.15, 0.2) is 0 Å². The number of ether oxygens (including phenoxy) is 1. The average molecular weight is 333 g/mol. The summed E-state index contributed by atoms with van der Waals surface area (Å²) < 4.78 is 19.1. The van der Waals surface area contributed by atoms with Gasteiger partial charge in [0.25, 0.3) is 0 Å². The van der Waals surface area contributed by atoms with E-state index in [-0.39, 0.29) is 18.1 Å². The van der Waals surface area contributed by atoms with Gasteiger partial charge >= 0.3 is 0 Å². The van der Waals surface area contributed by atoms with Gasteiger partial charge in [-0.3, -0.25) is 0 Å². The molecule has 3 nitrogen and oxygen atoms in total. The number of nitrogens with zero attached hydrogens (tertiary/aromatic N) is 1.